The summed E-state index contributed by atoms with van der Waals surface area (Å²) in [6, 6.07) is -0.103. The predicted molar refractivity (Wildman–Crippen MR) is 55.4 cm³/mol. The molecule has 1 aliphatic rings. The summed E-state index contributed by atoms with van der Waals surface area (Å²) in [5, 5.41) is 11.0. The van der Waals surface area contributed by atoms with Crippen LogP contribution in [0.4, 0.5) is 0 Å². The maximum Gasteiger partial charge on any atom is 0.328 e. The van der Waals surface area contributed by atoms with Crippen molar-refractivity contribution in [1.82, 2.24) is 10.2 Å². The lowest BCUT2D eigenvalue weighted by atomic mass is 10.2. The number of likely N-dealkylation sites (tertiary alicyclic amines) is 1. The van der Waals surface area contributed by atoms with Crippen LogP contribution in [-0.2, 0) is 9.59 Å². The van der Waals surface area contributed by atoms with E-state index >= 15 is 0 Å². The van der Waals surface area contributed by atoms with E-state index in [1.807, 2.05) is 4.90 Å². The number of carboxylic acid groups (broad SMARTS) is 1. The molecule has 0 saturated carbocycles. The molecule has 0 radical (unpaired) electrons. The largest absolute Gasteiger partial charge is 0.478 e. The van der Waals surface area contributed by atoms with Crippen molar-refractivity contribution in [2.24, 2.45) is 0 Å². The molecule has 1 fully saturated rings. The Kier molecular flexibility index (Phi) is 4.30. The Hall–Kier alpha value is -1.36. The summed E-state index contributed by atoms with van der Waals surface area (Å²) in [5.74, 6) is -0.943. The van der Waals surface area contributed by atoms with E-state index < -0.39 is 5.97 Å². The molecular weight excluding hydrogens is 196 g/mol. The summed E-state index contributed by atoms with van der Waals surface area (Å²) in [4.78, 5) is 23.7. The third-order valence-electron chi connectivity index (χ3n) is 2.51. The van der Waals surface area contributed by atoms with Crippen LogP contribution in [0.3, 0.4) is 0 Å². The lowest BCUT2D eigenvalue weighted by molar-refractivity contribution is -0.131. The van der Waals surface area contributed by atoms with Crippen molar-refractivity contribution < 1.29 is 14.7 Å². The highest BCUT2D eigenvalue weighted by atomic mass is 16.4. The van der Waals surface area contributed by atoms with E-state index in [0.717, 1.165) is 25.5 Å². The van der Waals surface area contributed by atoms with E-state index in [1.54, 1.807) is 13.1 Å². The third kappa shape index (κ3) is 3.36. The van der Waals surface area contributed by atoms with Gasteiger partial charge in [0.05, 0.1) is 6.04 Å². The first-order chi connectivity index (χ1) is 7.15. The molecule has 0 aromatic carbocycles. The maximum absolute atomic E-state index is 11.4. The summed E-state index contributed by atoms with van der Waals surface area (Å²) in [6.07, 6.45) is 4.52. The molecule has 5 nitrogen and oxygen atoms in total. The van der Waals surface area contributed by atoms with E-state index in [4.69, 9.17) is 5.11 Å². The van der Waals surface area contributed by atoms with Gasteiger partial charge in [-0.25, -0.2) is 4.79 Å². The minimum absolute atomic E-state index is 0.0104. The smallest absolute Gasteiger partial charge is 0.328 e. The van der Waals surface area contributed by atoms with Crippen LogP contribution in [0.5, 0.6) is 0 Å². The zero-order valence-electron chi connectivity index (χ0n) is 8.77. The highest BCUT2D eigenvalue weighted by molar-refractivity contribution is 5.82. The Morgan fingerprint density at radius 3 is 2.93 bits per heavy atom. The first-order valence-electron chi connectivity index (χ1n) is 5.00. The number of aliphatic carboxylic acids is 1. The molecule has 0 aromatic rings. The molecule has 2 N–H and O–H groups in total. The number of carboxylic acids is 1. The second-order valence-electron chi connectivity index (χ2n) is 3.51. The molecule has 1 atom stereocenters. The van der Waals surface area contributed by atoms with Crippen LogP contribution >= 0.6 is 0 Å². The van der Waals surface area contributed by atoms with Gasteiger partial charge in [0.1, 0.15) is 0 Å². The van der Waals surface area contributed by atoms with E-state index in [9.17, 15) is 9.59 Å². The molecule has 0 bridgehead atoms. The molecule has 0 spiro atoms. The number of hydrogen-bond donors (Lipinski definition) is 2. The molecule has 84 valence electrons. The zero-order chi connectivity index (χ0) is 11.3. The van der Waals surface area contributed by atoms with Crippen LogP contribution in [0.25, 0.3) is 0 Å². The molecule has 0 aromatic heterocycles. The van der Waals surface area contributed by atoms with Crippen LogP contribution in [0.15, 0.2) is 12.2 Å². The fourth-order valence-corrected chi connectivity index (χ4v) is 1.80. The molecule has 0 aliphatic carbocycles. The van der Waals surface area contributed by atoms with Gasteiger partial charge >= 0.3 is 5.97 Å². The van der Waals surface area contributed by atoms with E-state index in [2.05, 4.69) is 5.32 Å². The molecule has 1 amide bonds. The Morgan fingerprint density at radius 1 is 1.60 bits per heavy atom. The first kappa shape index (κ1) is 11.7. The summed E-state index contributed by atoms with van der Waals surface area (Å²) in [6.45, 7) is 1.37. The van der Waals surface area contributed by atoms with Gasteiger partial charge in [-0.1, -0.05) is 6.08 Å². The summed E-state index contributed by atoms with van der Waals surface area (Å²) >= 11 is 0. The van der Waals surface area contributed by atoms with Gasteiger partial charge < -0.3 is 10.4 Å². The monoisotopic (exact) mass is 212 g/mol. The molecule has 1 heterocycles. The number of nitrogens with zero attached hydrogens (tertiary/aromatic N) is 1. The van der Waals surface area contributed by atoms with Gasteiger partial charge in [0, 0.05) is 19.7 Å². The third-order valence-corrected chi connectivity index (χ3v) is 2.51. The molecule has 15 heavy (non-hydrogen) atoms. The normalized spacial score (nSPS) is 22.1. The molecule has 1 saturated heterocycles. The number of rotatable bonds is 4. The number of likely N-dealkylation sites (N-methyl/N-ethyl adjacent to an activating group) is 1. The quantitative estimate of drug-likeness (QED) is 0.635. The van der Waals surface area contributed by atoms with Crippen molar-refractivity contribution in [1.29, 1.82) is 0 Å². The Balaban J connectivity index is 2.46. The average molecular weight is 212 g/mol. The summed E-state index contributed by atoms with van der Waals surface area (Å²) in [7, 11) is 1.62. The van der Waals surface area contributed by atoms with Crippen LogP contribution in [0.1, 0.15) is 12.8 Å². The molecular formula is C10H16N2O3. The highest BCUT2D eigenvalue weighted by Gasteiger charge is 2.28. The molecule has 5 heteroatoms. The number of nitrogens with one attached hydrogen (secondary N) is 1. The highest BCUT2D eigenvalue weighted by Crippen LogP contribution is 2.16. The summed E-state index contributed by atoms with van der Waals surface area (Å²) in [5.41, 5.74) is 0. The number of carbonyl (C=O) groups is 2. The van der Waals surface area contributed by atoms with Gasteiger partial charge in [0.15, 0.2) is 0 Å². The minimum Gasteiger partial charge on any atom is -0.478 e. The van der Waals surface area contributed by atoms with Crippen LogP contribution in [0, 0.1) is 0 Å². The Bertz CT molecular complexity index is 276. The SMILES string of the molecule is CNC(=O)C1CCCN1CC=CC(=O)O. The average Bonchev–Trinajstić information content (AvgIpc) is 2.64. The van der Waals surface area contributed by atoms with Gasteiger partial charge in [-0.15, -0.1) is 0 Å². The maximum atomic E-state index is 11.4. The lowest BCUT2D eigenvalue weighted by Crippen LogP contribution is -2.41. The second-order valence-corrected chi connectivity index (χ2v) is 3.51. The lowest BCUT2D eigenvalue weighted by Gasteiger charge is -2.20. The zero-order valence-corrected chi connectivity index (χ0v) is 8.77. The number of carbonyl (C=O) groups excluding carboxylic acids is 1. The van der Waals surface area contributed by atoms with Crippen molar-refractivity contribution in [3.63, 3.8) is 0 Å². The first-order valence-corrected chi connectivity index (χ1v) is 5.00. The Morgan fingerprint density at radius 2 is 2.33 bits per heavy atom. The van der Waals surface area contributed by atoms with Crippen molar-refractivity contribution in [3.8, 4) is 0 Å². The topological polar surface area (TPSA) is 69.6 Å². The predicted octanol–water partition coefficient (Wildman–Crippen LogP) is -0.162. The van der Waals surface area contributed by atoms with Crippen LogP contribution in [0.2, 0.25) is 0 Å². The van der Waals surface area contributed by atoms with E-state index in [1.165, 1.54) is 0 Å². The molecule has 1 rings (SSSR count). The van der Waals surface area contributed by atoms with Gasteiger partial charge in [-0.05, 0) is 19.4 Å². The van der Waals surface area contributed by atoms with Gasteiger partial charge in [-0.3, -0.25) is 9.69 Å². The number of amides is 1. The Labute approximate surface area is 88.8 Å². The molecule has 1 unspecified atom stereocenters. The summed E-state index contributed by atoms with van der Waals surface area (Å²) < 4.78 is 0. The fraction of sp³-hybridized carbons (Fsp3) is 0.600. The molecule has 1 aliphatic heterocycles. The van der Waals surface area contributed by atoms with Crippen molar-refractivity contribution >= 4 is 11.9 Å². The van der Waals surface area contributed by atoms with Gasteiger partial charge in [0.2, 0.25) is 5.91 Å². The van der Waals surface area contributed by atoms with Crippen molar-refractivity contribution in [2.75, 3.05) is 20.1 Å². The van der Waals surface area contributed by atoms with Crippen LogP contribution < -0.4 is 5.32 Å². The van der Waals surface area contributed by atoms with Gasteiger partial charge in [-0.2, -0.15) is 0 Å². The number of hydrogen-bond acceptors (Lipinski definition) is 3. The van der Waals surface area contributed by atoms with Crippen molar-refractivity contribution in [3.05, 3.63) is 12.2 Å². The van der Waals surface area contributed by atoms with Crippen LogP contribution in [-0.4, -0.2) is 48.1 Å². The van der Waals surface area contributed by atoms with E-state index in [0.29, 0.717) is 6.54 Å². The standard InChI is InChI=1S/C10H16N2O3/c1-11-10(15)8-4-2-6-12(8)7-3-5-9(13)14/h3,5,8H,2,4,6-7H2,1H3,(H,11,15)(H,13,14). The van der Waals surface area contributed by atoms with Gasteiger partial charge in [0.25, 0.3) is 0 Å². The van der Waals surface area contributed by atoms with Crippen molar-refractivity contribution in [2.45, 2.75) is 18.9 Å². The fourth-order valence-electron chi connectivity index (χ4n) is 1.80. The minimum atomic E-state index is -0.953. The second kappa shape index (κ2) is 5.50. The van der Waals surface area contributed by atoms with E-state index in [-0.39, 0.29) is 11.9 Å².